The molecule has 2 saturated heterocycles. The molecule has 0 aliphatic carbocycles. The maximum Gasteiger partial charge on any atom is 0.321 e. The van der Waals surface area contributed by atoms with E-state index in [2.05, 4.69) is 77.9 Å². The number of nitrogens with zero attached hydrogens (tertiary/aromatic N) is 2. The van der Waals surface area contributed by atoms with Gasteiger partial charge in [-0.25, -0.2) is 4.79 Å². The first-order valence-electron chi connectivity index (χ1n) is 10.8. The Bertz CT molecular complexity index is 816. The largest absolute Gasteiger partial charge is 0.381 e. The van der Waals surface area contributed by atoms with Crippen LogP contribution in [0, 0.1) is 0 Å². The number of rotatable bonds is 6. The van der Waals surface area contributed by atoms with Gasteiger partial charge in [-0.05, 0) is 60.7 Å². The van der Waals surface area contributed by atoms with Crippen molar-refractivity contribution in [3.63, 3.8) is 0 Å². The summed E-state index contributed by atoms with van der Waals surface area (Å²) in [6.07, 6.45) is 2.43. The van der Waals surface area contributed by atoms with Crippen molar-refractivity contribution in [2.75, 3.05) is 36.4 Å². The van der Waals surface area contributed by atoms with Gasteiger partial charge in [-0.15, -0.1) is 0 Å². The van der Waals surface area contributed by atoms with Gasteiger partial charge in [0.1, 0.15) is 0 Å². The summed E-state index contributed by atoms with van der Waals surface area (Å²) in [7, 11) is 0. The van der Waals surface area contributed by atoms with Crippen LogP contribution >= 0.6 is 0 Å². The minimum atomic E-state index is 0.00382. The average Bonchev–Trinajstić information content (AvgIpc) is 3.15. The van der Waals surface area contributed by atoms with Crippen LogP contribution in [0.2, 0.25) is 0 Å². The quantitative estimate of drug-likeness (QED) is 0.765. The highest BCUT2D eigenvalue weighted by atomic mass is 16.2. The molecule has 29 heavy (non-hydrogen) atoms. The van der Waals surface area contributed by atoms with Crippen LogP contribution in [0.5, 0.6) is 0 Å². The number of nitrogens with one attached hydrogen (secondary N) is 2. The van der Waals surface area contributed by atoms with E-state index in [1.54, 1.807) is 4.90 Å². The predicted molar refractivity (Wildman–Crippen MR) is 120 cm³/mol. The van der Waals surface area contributed by atoms with Crippen LogP contribution in [-0.4, -0.2) is 43.2 Å². The number of amides is 2. The molecule has 4 rings (SSSR count). The van der Waals surface area contributed by atoms with Gasteiger partial charge >= 0.3 is 6.03 Å². The molecular formula is C24H32N4O. The van der Waals surface area contributed by atoms with Crippen LogP contribution < -0.4 is 15.5 Å². The Morgan fingerprint density at radius 2 is 1.83 bits per heavy atom. The first kappa shape index (κ1) is 19.8. The summed E-state index contributed by atoms with van der Waals surface area (Å²) in [5.41, 5.74) is 4.88. The summed E-state index contributed by atoms with van der Waals surface area (Å²) >= 11 is 0. The van der Waals surface area contributed by atoms with Gasteiger partial charge in [-0.1, -0.05) is 38.1 Å². The van der Waals surface area contributed by atoms with E-state index in [-0.39, 0.29) is 6.03 Å². The third-order valence-electron chi connectivity index (χ3n) is 5.96. The van der Waals surface area contributed by atoms with E-state index < -0.39 is 0 Å². The minimum Gasteiger partial charge on any atom is -0.381 e. The van der Waals surface area contributed by atoms with Crippen LogP contribution in [0.4, 0.5) is 16.2 Å². The van der Waals surface area contributed by atoms with Crippen LogP contribution in [0.3, 0.4) is 0 Å². The Kier molecular flexibility index (Phi) is 6.05. The number of urea groups is 1. The second-order valence-electron chi connectivity index (χ2n) is 8.55. The summed E-state index contributed by atoms with van der Waals surface area (Å²) in [5, 5.41) is 6.57. The van der Waals surface area contributed by atoms with Crippen LogP contribution in [0.1, 0.15) is 43.7 Å². The normalized spacial score (nSPS) is 20.2. The number of benzene rings is 2. The number of anilines is 2. The zero-order valence-corrected chi connectivity index (χ0v) is 17.5. The Labute approximate surface area is 174 Å². The van der Waals surface area contributed by atoms with Gasteiger partial charge in [-0.2, -0.15) is 0 Å². The molecule has 154 valence electrons. The first-order chi connectivity index (χ1) is 14.1. The molecule has 2 amide bonds. The van der Waals surface area contributed by atoms with Gasteiger partial charge in [0.25, 0.3) is 0 Å². The monoisotopic (exact) mass is 392 g/mol. The zero-order valence-electron chi connectivity index (χ0n) is 17.5. The fourth-order valence-electron chi connectivity index (χ4n) is 4.27. The highest BCUT2D eigenvalue weighted by Crippen LogP contribution is 2.22. The summed E-state index contributed by atoms with van der Waals surface area (Å²) < 4.78 is 0. The molecule has 1 atom stereocenters. The molecule has 0 unspecified atom stereocenters. The number of hydrogen-bond donors (Lipinski definition) is 2. The molecule has 2 aromatic carbocycles. The minimum absolute atomic E-state index is 0.00382. The molecule has 2 aliphatic rings. The Hall–Kier alpha value is -2.53. The fourth-order valence-corrected chi connectivity index (χ4v) is 4.27. The maximum atomic E-state index is 11.8. The Morgan fingerprint density at radius 3 is 2.48 bits per heavy atom. The lowest BCUT2D eigenvalue weighted by Gasteiger charge is -2.33. The number of hydrogen-bond acceptors (Lipinski definition) is 3. The van der Waals surface area contributed by atoms with Crippen LogP contribution in [0.25, 0.3) is 0 Å². The molecule has 2 heterocycles. The van der Waals surface area contributed by atoms with E-state index in [1.807, 2.05) is 0 Å². The molecular weight excluding hydrogens is 360 g/mol. The van der Waals surface area contributed by atoms with Gasteiger partial charge in [0.05, 0.1) is 0 Å². The van der Waals surface area contributed by atoms with Crippen molar-refractivity contribution in [3.8, 4) is 0 Å². The van der Waals surface area contributed by atoms with Gasteiger partial charge in [0.15, 0.2) is 0 Å². The standard InChI is InChI=1S/C24H32N4O/c1-18(2)20-7-9-21(10-8-20)26-22-4-3-14-27(17-22)16-19-5-11-23(12-6-19)28-15-13-25-24(28)29/h5-12,18,22,26H,3-4,13-17H2,1-2H3,(H,25,29)/t22-/m0/s1. The van der Waals surface area contributed by atoms with Crippen molar-refractivity contribution in [1.82, 2.24) is 10.2 Å². The van der Waals surface area contributed by atoms with Gasteiger partial charge < -0.3 is 10.6 Å². The highest BCUT2D eigenvalue weighted by Gasteiger charge is 2.22. The average molecular weight is 393 g/mol. The molecule has 0 radical (unpaired) electrons. The van der Waals surface area contributed by atoms with Crippen molar-refractivity contribution in [2.24, 2.45) is 0 Å². The highest BCUT2D eigenvalue weighted by molar-refractivity contribution is 5.93. The molecule has 0 bridgehead atoms. The van der Waals surface area contributed by atoms with Crippen molar-refractivity contribution >= 4 is 17.4 Å². The van der Waals surface area contributed by atoms with Gasteiger partial charge in [0.2, 0.25) is 0 Å². The molecule has 0 aromatic heterocycles. The van der Waals surface area contributed by atoms with Crippen LogP contribution in [-0.2, 0) is 6.54 Å². The second kappa shape index (κ2) is 8.87. The van der Waals surface area contributed by atoms with E-state index in [0.717, 1.165) is 38.4 Å². The van der Waals surface area contributed by atoms with E-state index in [9.17, 15) is 4.79 Å². The molecule has 2 N–H and O–H groups in total. The van der Waals surface area contributed by atoms with E-state index in [0.29, 0.717) is 12.0 Å². The lowest BCUT2D eigenvalue weighted by Crippen LogP contribution is -2.41. The van der Waals surface area contributed by atoms with Crippen molar-refractivity contribution in [3.05, 3.63) is 59.7 Å². The Balaban J connectivity index is 1.32. The third kappa shape index (κ3) is 4.91. The molecule has 0 spiro atoms. The summed E-state index contributed by atoms with van der Waals surface area (Å²) in [5.74, 6) is 0.570. The molecule has 0 saturated carbocycles. The maximum absolute atomic E-state index is 11.8. The summed E-state index contributed by atoms with van der Waals surface area (Å²) in [6.45, 7) is 9.08. The first-order valence-corrected chi connectivity index (χ1v) is 10.8. The molecule has 2 fully saturated rings. The second-order valence-corrected chi connectivity index (χ2v) is 8.55. The molecule has 5 nitrogen and oxygen atoms in total. The van der Waals surface area contributed by atoms with Crippen molar-refractivity contribution in [2.45, 2.75) is 45.2 Å². The lowest BCUT2D eigenvalue weighted by atomic mass is 10.0. The topological polar surface area (TPSA) is 47.6 Å². The molecule has 2 aromatic rings. The lowest BCUT2D eigenvalue weighted by molar-refractivity contribution is 0.208. The van der Waals surface area contributed by atoms with Crippen molar-refractivity contribution in [1.29, 1.82) is 0 Å². The zero-order chi connectivity index (χ0) is 20.2. The van der Waals surface area contributed by atoms with Crippen LogP contribution in [0.15, 0.2) is 48.5 Å². The number of likely N-dealkylation sites (tertiary alicyclic amines) is 1. The third-order valence-corrected chi connectivity index (χ3v) is 5.96. The number of carbonyl (C=O) groups is 1. The van der Waals surface area contributed by atoms with Gasteiger partial charge in [0, 0.05) is 43.6 Å². The summed E-state index contributed by atoms with van der Waals surface area (Å²) in [6, 6.07) is 17.8. The SMILES string of the molecule is CC(C)c1ccc(N[C@H]2CCCN(Cc3ccc(N4CCNC4=O)cc3)C2)cc1. The van der Waals surface area contributed by atoms with Crippen molar-refractivity contribution < 1.29 is 4.79 Å². The summed E-state index contributed by atoms with van der Waals surface area (Å²) in [4.78, 5) is 16.1. The van der Waals surface area contributed by atoms with E-state index in [4.69, 9.17) is 0 Å². The molecule has 5 heteroatoms. The smallest absolute Gasteiger partial charge is 0.321 e. The van der Waals surface area contributed by atoms with E-state index >= 15 is 0 Å². The fraction of sp³-hybridized carbons (Fsp3) is 0.458. The van der Waals surface area contributed by atoms with Gasteiger partial charge in [-0.3, -0.25) is 9.80 Å². The number of carbonyl (C=O) groups excluding carboxylic acids is 1. The van der Waals surface area contributed by atoms with E-state index in [1.165, 1.54) is 29.7 Å². The molecule has 2 aliphatic heterocycles. The Morgan fingerprint density at radius 1 is 1.07 bits per heavy atom. The predicted octanol–water partition coefficient (Wildman–Crippen LogP) is 4.42. The number of piperidine rings is 1.